The molecule has 1 aromatic carbocycles. The van der Waals surface area contributed by atoms with E-state index in [4.69, 9.17) is 5.73 Å². The van der Waals surface area contributed by atoms with Crippen LogP contribution in [0.25, 0.3) is 21.8 Å². The minimum absolute atomic E-state index is 0.386. The summed E-state index contributed by atoms with van der Waals surface area (Å²) in [6.07, 6.45) is 2.70. The molecule has 0 unspecified atom stereocenters. The lowest BCUT2D eigenvalue weighted by Gasteiger charge is -1.95. The fourth-order valence-corrected chi connectivity index (χ4v) is 1.93. The van der Waals surface area contributed by atoms with Crippen LogP contribution < -0.4 is 5.73 Å². The van der Waals surface area contributed by atoms with Crippen LogP contribution in [0.2, 0.25) is 0 Å². The average molecular weight is 229 g/mol. The molecule has 0 fully saturated rings. The van der Waals surface area contributed by atoms with E-state index in [0.29, 0.717) is 16.5 Å². The van der Waals surface area contributed by atoms with Gasteiger partial charge in [-0.3, -0.25) is 9.78 Å². The first-order valence-corrected chi connectivity index (χ1v) is 5.01. The Labute approximate surface area is 95.3 Å². The average Bonchev–Trinajstić information content (AvgIpc) is 2.68. The van der Waals surface area contributed by atoms with E-state index in [1.54, 1.807) is 24.4 Å². The topological polar surface area (TPSA) is 71.8 Å². The molecule has 0 spiro atoms. The molecule has 0 aliphatic carbocycles. The fraction of sp³-hybridized carbons (Fsp3) is 0. The molecule has 3 aromatic rings. The van der Waals surface area contributed by atoms with Gasteiger partial charge < -0.3 is 10.7 Å². The second kappa shape index (κ2) is 3.28. The number of nitrogens with two attached hydrogens (primary N) is 1. The maximum Gasteiger partial charge on any atom is 0.248 e. The molecule has 0 atom stereocenters. The summed E-state index contributed by atoms with van der Waals surface area (Å²) in [7, 11) is 0. The summed E-state index contributed by atoms with van der Waals surface area (Å²) >= 11 is 0. The van der Waals surface area contributed by atoms with Crippen molar-refractivity contribution in [3.63, 3.8) is 0 Å². The zero-order valence-corrected chi connectivity index (χ0v) is 8.70. The Balaban J connectivity index is 2.46. The second-order valence-corrected chi connectivity index (χ2v) is 3.79. The lowest BCUT2D eigenvalue weighted by Crippen LogP contribution is -2.10. The van der Waals surface area contributed by atoms with Crippen molar-refractivity contribution in [2.45, 2.75) is 0 Å². The standard InChI is InChI=1S/C12H8FN3O/c13-9-5-15-4-8-7-3-6(12(14)17)1-2-10(7)16-11(8)9/h1-5,16H,(H2,14,17). The van der Waals surface area contributed by atoms with Crippen molar-refractivity contribution in [2.75, 3.05) is 0 Å². The van der Waals surface area contributed by atoms with Crippen molar-refractivity contribution in [2.24, 2.45) is 5.73 Å². The van der Waals surface area contributed by atoms with E-state index in [1.165, 1.54) is 0 Å². The second-order valence-electron chi connectivity index (χ2n) is 3.79. The van der Waals surface area contributed by atoms with Gasteiger partial charge >= 0.3 is 0 Å². The number of primary amides is 1. The Hall–Kier alpha value is -2.43. The number of fused-ring (bicyclic) bond motifs is 3. The third kappa shape index (κ3) is 1.36. The van der Waals surface area contributed by atoms with Gasteiger partial charge in [-0.05, 0) is 18.2 Å². The number of pyridine rings is 1. The van der Waals surface area contributed by atoms with Crippen LogP contribution in [0.1, 0.15) is 10.4 Å². The third-order valence-electron chi connectivity index (χ3n) is 2.75. The molecule has 5 heteroatoms. The number of hydrogen-bond acceptors (Lipinski definition) is 2. The molecule has 17 heavy (non-hydrogen) atoms. The van der Waals surface area contributed by atoms with Gasteiger partial charge in [-0.1, -0.05) is 0 Å². The number of H-pyrrole nitrogens is 1. The van der Waals surface area contributed by atoms with Gasteiger partial charge in [-0.2, -0.15) is 0 Å². The first-order valence-electron chi connectivity index (χ1n) is 5.01. The molecule has 0 saturated heterocycles. The van der Waals surface area contributed by atoms with Gasteiger partial charge in [0.1, 0.15) is 0 Å². The van der Waals surface area contributed by atoms with Gasteiger partial charge in [0, 0.05) is 28.0 Å². The molecule has 3 rings (SSSR count). The molecule has 0 aliphatic rings. The van der Waals surface area contributed by atoms with Gasteiger partial charge in [0.15, 0.2) is 5.82 Å². The highest BCUT2D eigenvalue weighted by Crippen LogP contribution is 2.26. The van der Waals surface area contributed by atoms with Gasteiger partial charge in [0.2, 0.25) is 5.91 Å². The molecule has 2 heterocycles. The van der Waals surface area contributed by atoms with Crippen molar-refractivity contribution in [3.05, 3.63) is 42.0 Å². The van der Waals surface area contributed by atoms with Crippen molar-refractivity contribution in [3.8, 4) is 0 Å². The number of carbonyl (C=O) groups excluding carboxylic acids is 1. The quantitative estimate of drug-likeness (QED) is 0.669. The highest BCUT2D eigenvalue weighted by atomic mass is 19.1. The SMILES string of the molecule is NC(=O)c1ccc2[nH]c3c(F)cncc3c2c1. The number of aromatic amines is 1. The van der Waals surface area contributed by atoms with Crippen LogP contribution in [0.3, 0.4) is 0 Å². The monoisotopic (exact) mass is 229 g/mol. The molecule has 2 aromatic heterocycles. The molecule has 3 N–H and O–H groups in total. The number of halogens is 1. The van der Waals surface area contributed by atoms with Crippen molar-refractivity contribution in [1.82, 2.24) is 9.97 Å². The van der Waals surface area contributed by atoms with Crippen molar-refractivity contribution in [1.29, 1.82) is 0 Å². The Morgan fingerprint density at radius 2 is 2.12 bits per heavy atom. The minimum atomic E-state index is -0.509. The summed E-state index contributed by atoms with van der Waals surface area (Å²) in [5.41, 5.74) is 6.73. The zero-order valence-electron chi connectivity index (χ0n) is 8.70. The molecule has 1 amide bonds. The van der Waals surface area contributed by atoms with Crippen molar-refractivity contribution >= 4 is 27.7 Å². The molecule has 4 nitrogen and oxygen atoms in total. The summed E-state index contributed by atoms with van der Waals surface area (Å²) in [5, 5.41) is 1.38. The van der Waals surface area contributed by atoms with E-state index in [1.807, 2.05) is 0 Å². The van der Waals surface area contributed by atoms with E-state index in [2.05, 4.69) is 9.97 Å². The van der Waals surface area contributed by atoms with Crippen LogP contribution in [-0.4, -0.2) is 15.9 Å². The van der Waals surface area contributed by atoms with Gasteiger partial charge in [-0.25, -0.2) is 4.39 Å². The number of nitrogens with one attached hydrogen (secondary N) is 1. The summed E-state index contributed by atoms with van der Waals surface area (Å²) in [4.78, 5) is 17.8. The third-order valence-corrected chi connectivity index (χ3v) is 2.75. The smallest absolute Gasteiger partial charge is 0.248 e. The summed E-state index contributed by atoms with van der Waals surface area (Å²) in [6.45, 7) is 0. The first-order chi connectivity index (χ1) is 8.16. The Kier molecular flexibility index (Phi) is 1.89. The summed E-state index contributed by atoms with van der Waals surface area (Å²) in [5.74, 6) is -0.926. The molecule has 0 aliphatic heterocycles. The summed E-state index contributed by atoms with van der Waals surface area (Å²) < 4.78 is 13.5. The first kappa shape index (κ1) is 9.77. The van der Waals surface area contributed by atoms with Crippen LogP contribution in [0, 0.1) is 5.82 Å². The maximum atomic E-state index is 13.5. The van der Waals surface area contributed by atoms with Crippen molar-refractivity contribution < 1.29 is 9.18 Å². The largest absolute Gasteiger partial charge is 0.366 e. The van der Waals surface area contributed by atoms with Crippen LogP contribution in [0.15, 0.2) is 30.6 Å². The van der Waals surface area contributed by atoms with Gasteiger partial charge in [0.05, 0.1) is 11.7 Å². The van der Waals surface area contributed by atoms with E-state index >= 15 is 0 Å². The Morgan fingerprint density at radius 1 is 1.29 bits per heavy atom. The minimum Gasteiger partial charge on any atom is -0.366 e. The van der Waals surface area contributed by atoms with E-state index in [9.17, 15) is 9.18 Å². The van der Waals surface area contributed by atoms with Crippen LogP contribution in [-0.2, 0) is 0 Å². The Morgan fingerprint density at radius 3 is 2.88 bits per heavy atom. The van der Waals surface area contributed by atoms with Crippen LogP contribution in [0.5, 0.6) is 0 Å². The predicted octanol–water partition coefficient (Wildman–Crippen LogP) is 1.95. The highest BCUT2D eigenvalue weighted by Gasteiger charge is 2.10. The Bertz CT molecular complexity index is 748. The van der Waals surface area contributed by atoms with Crippen LogP contribution >= 0.6 is 0 Å². The number of aromatic nitrogens is 2. The maximum absolute atomic E-state index is 13.5. The van der Waals surface area contributed by atoms with E-state index < -0.39 is 11.7 Å². The van der Waals surface area contributed by atoms with Gasteiger partial charge in [0.25, 0.3) is 0 Å². The molecule has 0 saturated carbocycles. The van der Waals surface area contributed by atoms with E-state index in [0.717, 1.165) is 17.1 Å². The molecule has 0 bridgehead atoms. The summed E-state index contributed by atoms with van der Waals surface area (Å²) in [6, 6.07) is 4.94. The number of hydrogen-bond donors (Lipinski definition) is 2. The molecule has 0 radical (unpaired) electrons. The predicted molar refractivity (Wildman–Crippen MR) is 62.1 cm³/mol. The number of benzene rings is 1. The van der Waals surface area contributed by atoms with Crippen LogP contribution in [0.4, 0.5) is 4.39 Å². The zero-order chi connectivity index (χ0) is 12.0. The number of carbonyl (C=O) groups is 1. The lowest BCUT2D eigenvalue weighted by molar-refractivity contribution is 0.100. The molecular formula is C12H8FN3O. The van der Waals surface area contributed by atoms with Gasteiger partial charge in [-0.15, -0.1) is 0 Å². The number of nitrogens with zero attached hydrogens (tertiary/aromatic N) is 1. The highest BCUT2D eigenvalue weighted by molar-refractivity contribution is 6.09. The lowest BCUT2D eigenvalue weighted by atomic mass is 10.1. The fourth-order valence-electron chi connectivity index (χ4n) is 1.93. The molecule has 84 valence electrons. The number of rotatable bonds is 1. The normalized spacial score (nSPS) is 11.1. The molecular weight excluding hydrogens is 221 g/mol. The van der Waals surface area contributed by atoms with E-state index in [-0.39, 0.29) is 0 Å². The number of amides is 1.